The van der Waals surface area contributed by atoms with Gasteiger partial charge in [-0.2, -0.15) is 0 Å². The Kier molecular flexibility index (Phi) is 2.21. The van der Waals surface area contributed by atoms with Gasteiger partial charge in [-0.25, -0.2) is 14.2 Å². The lowest BCUT2D eigenvalue weighted by molar-refractivity contribution is 0.0685. The van der Waals surface area contributed by atoms with E-state index in [1.165, 1.54) is 16.7 Å². The molecule has 0 atom stereocenters. The molecule has 0 fully saturated rings. The Morgan fingerprint density at radius 2 is 2.22 bits per heavy atom. The van der Waals surface area contributed by atoms with Crippen LogP contribution in [0.1, 0.15) is 10.5 Å². The summed E-state index contributed by atoms with van der Waals surface area (Å²) in [5, 5.41) is 9.13. The van der Waals surface area contributed by atoms with Crippen molar-refractivity contribution in [1.29, 1.82) is 0 Å². The zero-order chi connectivity index (χ0) is 13.0. The fourth-order valence-corrected chi connectivity index (χ4v) is 2.82. The molecule has 0 aliphatic carbocycles. The van der Waals surface area contributed by atoms with Crippen LogP contribution in [0, 0.1) is 5.82 Å². The van der Waals surface area contributed by atoms with Crippen LogP contribution in [-0.4, -0.2) is 25.0 Å². The molecule has 2 aromatic heterocycles. The topological polar surface area (TPSA) is 59.5 Å². The number of aromatic nitrogens is 3. The standard InChI is InChI=1S/C11H7BrFN3O2/c1-15-8(10(17)18)9(12)16-7-3-2-5(13)4-6(7)14-11(15)16/h2-4H,1H3,(H,17,18). The zero-order valence-electron chi connectivity index (χ0n) is 9.19. The second-order valence-electron chi connectivity index (χ2n) is 3.88. The number of halogens is 2. The molecule has 3 aromatic rings. The van der Waals surface area contributed by atoms with Crippen molar-refractivity contribution in [2.24, 2.45) is 7.05 Å². The SMILES string of the molecule is Cn1c(C(=O)O)c(Br)n2c3ccc(F)cc3nc12. The van der Waals surface area contributed by atoms with E-state index in [9.17, 15) is 9.18 Å². The average molecular weight is 312 g/mol. The van der Waals surface area contributed by atoms with Crippen LogP contribution in [0.15, 0.2) is 22.8 Å². The Labute approximate surface area is 109 Å². The fraction of sp³-hybridized carbons (Fsp3) is 0.0909. The summed E-state index contributed by atoms with van der Waals surface area (Å²) in [6, 6.07) is 4.20. The molecule has 1 aromatic carbocycles. The summed E-state index contributed by atoms with van der Waals surface area (Å²) in [6.45, 7) is 0. The molecule has 3 rings (SSSR count). The van der Waals surface area contributed by atoms with E-state index in [0.717, 1.165) is 0 Å². The van der Waals surface area contributed by atoms with Crippen molar-refractivity contribution < 1.29 is 14.3 Å². The summed E-state index contributed by atoms with van der Waals surface area (Å²) >= 11 is 3.25. The molecule has 0 amide bonds. The van der Waals surface area contributed by atoms with Crippen LogP contribution in [0.4, 0.5) is 4.39 Å². The number of imidazole rings is 2. The third-order valence-electron chi connectivity index (χ3n) is 2.83. The lowest BCUT2D eigenvalue weighted by atomic mass is 10.3. The number of carbonyl (C=O) groups is 1. The van der Waals surface area contributed by atoms with Gasteiger partial charge in [-0.05, 0) is 28.1 Å². The summed E-state index contributed by atoms with van der Waals surface area (Å²) in [7, 11) is 1.60. The van der Waals surface area contributed by atoms with Crippen LogP contribution in [0.25, 0.3) is 16.8 Å². The molecule has 0 radical (unpaired) electrons. The molecule has 0 unspecified atom stereocenters. The Bertz CT molecular complexity index is 806. The predicted octanol–water partition coefficient (Wildman–Crippen LogP) is 2.43. The summed E-state index contributed by atoms with van der Waals surface area (Å²) in [5.74, 6) is -0.981. The Morgan fingerprint density at radius 3 is 2.89 bits per heavy atom. The second kappa shape index (κ2) is 3.55. The summed E-state index contributed by atoms with van der Waals surface area (Å²) < 4.78 is 16.6. The number of hydrogen-bond donors (Lipinski definition) is 1. The number of aryl methyl sites for hydroxylation is 1. The lowest BCUT2D eigenvalue weighted by Crippen LogP contribution is -2.05. The van der Waals surface area contributed by atoms with E-state index in [1.807, 2.05) is 0 Å². The Hall–Kier alpha value is -1.89. The van der Waals surface area contributed by atoms with Crippen molar-refractivity contribution in [3.05, 3.63) is 34.3 Å². The number of rotatable bonds is 1. The molecular weight excluding hydrogens is 305 g/mol. The fourth-order valence-electron chi connectivity index (χ4n) is 2.04. The largest absolute Gasteiger partial charge is 0.476 e. The number of fused-ring (bicyclic) bond motifs is 3. The number of aromatic carboxylic acids is 1. The van der Waals surface area contributed by atoms with Gasteiger partial charge in [-0.3, -0.25) is 4.40 Å². The average Bonchev–Trinajstić information content (AvgIpc) is 2.76. The van der Waals surface area contributed by atoms with E-state index in [1.54, 1.807) is 17.5 Å². The third kappa shape index (κ3) is 1.30. The minimum atomic E-state index is -1.05. The van der Waals surface area contributed by atoms with E-state index in [4.69, 9.17) is 5.11 Å². The first-order valence-corrected chi connectivity index (χ1v) is 5.85. The van der Waals surface area contributed by atoms with E-state index < -0.39 is 5.97 Å². The van der Waals surface area contributed by atoms with Gasteiger partial charge < -0.3 is 9.67 Å². The molecule has 7 heteroatoms. The van der Waals surface area contributed by atoms with Gasteiger partial charge in [0.1, 0.15) is 10.4 Å². The molecule has 5 nitrogen and oxygen atoms in total. The number of carboxylic acids is 1. The third-order valence-corrected chi connectivity index (χ3v) is 3.56. The molecule has 18 heavy (non-hydrogen) atoms. The van der Waals surface area contributed by atoms with Gasteiger partial charge in [0.2, 0.25) is 5.78 Å². The van der Waals surface area contributed by atoms with E-state index >= 15 is 0 Å². The van der Waals surface area contributed by atoms with Gasteiger partial charge in [0.05, 0.1) is 11.0 Å². The van der Waals surface area contributed by atoms with Crippen LogP contribution in [0.2, 0.25) is 0 Å². The highest BCUT2D eigenvalue weighted by atomic mass is 79.9. The second-order valence-corrected chi connectivity index (χ2v) is 4.63. The molecule has 0 saturated carbocycles. The maximum atomic E-state index is 13.1. The van der Waals surface area contributed by atoms with Crippen molar-refractivity contribution in [3.63, 3.8) is 0 Å². The lowest BCUT2D eigenvalue weighted by Gasteiger charge is -1.96. The highest BCUT2D eigenvalue weighted by Crippen LogP contribution is 2.27. The predicted molar refractivity (Wildman–Crippen MR) is 66.3 cm³/mol. The molecule has 0 aliphatic rings. The monoisotopic (exact) mass is 311 g/mol. The molecular formula is C11H7BrFN3O2. The van der Waals surface area contributed by atoms with Crippen LogP contribution in [0.5, 0.6) is 0 Å². The van der Waals surface area contributed by atoms with Crippen molar-refractivity contribution in [2.45, 2.75) is 0 Å². The van der Waals surface area contributed by atoms with E-state index in [2.05, 4.69) is 20.9 Å². The van der Waals surface area contributed by atoms with E-state index in [0.29, 0.717) is 21.4 Å². The molecule has 0 aliphatic heterocycles. The Balaban J connectivity index is 2.52. The highest BCUT2D eigenvalue weighted by Gasteiger charge is 2.22. The van der Waals surface area contributed by atoms with Gasteiger partial charge in [-0.15, -0.1) is 0 Å². The van der Waals surface area contributed by atoms with Crippen molar-refractivity contribution in [1.82, 2.24) is 14.0 Å². The molecule has 0 bridgehead atoms. The smallest absolute Gasteiger partial charge is 0.355 e. The maximum absolute atomic E-state index is 13.1. The minimum Gasteiger partial charge on any atom is -0.476 e. The molecule has 0 spiro atoms. The van der Waals surface area contributed by atoms with Crippen LogP contribution in [-0.2, 0) is 7.05 Å². The van der Waals surface area contributed by atoms with Gasteiger partial charge >= 0.3 is 5.97 Å². The molecule has 1 N–H and O–H groups in total. The number of nitrogens with zero attached hydrogens (tertiary/aromatic N) is 3. The van der Waals surface area contributed by atoms with Crippen LogP contribution < -0.4 is 0 Å². The minimum absolute atomic E-state index is 0.101. The number of hydrogen-bond acceptors (Lipinski definition) is 2. The first-order chi connectivity index (χ1) is 8.50. The summed E-state index contributed by atoms with van der Waals surface area (Å²) in [4.78, 5) is 15.4. The number of carboxylic acid groups (broad SMARTS) is 1. The first-order valence-electron chi connectivity index (χ1n) is 5.06. The maximum Gasteiger partial charge on any atom is 0.355 e. The molecule has 0 saturated heterocycles. The summed E-state index contributed by atoms with van der Waals surface area (Å²) in [5.41, 5.74) is 1.24. The highest BCUT2D eigenvalue weighted by molar-refractivity contribution is 9.10. The van der Waals surface area contributed by atoms with Crippen molar-refractivity contribution in [2.75, 3.05) is 0 Å². The van der Waals surface area contributed by atoms with Crippen molar-refractivity contribution in [3.8, 4) is 0 Å². The molecule has 2 heterocycles. The zero-order valence-corrected chi connectivity index (χ0v) is 10.8. The van der Waals surface area contributed by atoms with Crippen LogP contribution >= 0.6 is 15.9 Å². The van der Waals surface area contributed by atoms with Gasteiger partial charge in [-0.1, -0.05) is 0 Å². The normalized spacial score (nSPS) is 11.5. The van der Waals surface area contributed by atoms with Gasteiger partial charge in [0.25, 0.3) is 0 Å². The first kappa shape index (κ1) is 11.2. The van der Waals surface area contributed by atoms with Crippen LogP contribution in [0.3, 0.4) is 0 Å². The van der Waals surface area contributed by atoms with Crippen molar-refractivity contribution >= 4 is 38.7 Å². The Morgan fingerprint density at radius 1 is 1.50 bits per heavy atom. The van der Waals surface area contributed by atoms with Gasteiger partial charge in [0, 0.05) is 13.1 Å². The van der Waals surface area contributed by atoms with Gasteiger partial charge in [0.15, 0.2) is 5.69 Å². The summed E-state index contributed by atoms with van der Waals surface area (Å²) in [6.07, 6.45) is 0. The number of benzene rings is 1. The van der Waals surface area contributed by atoms with E-state index in [-0.39, 0.29) is 11.5 Å². The molecule has 92 valence electrons. The quantitative estimate of drug-likeness (QED) is 0.751.